The zero-order valence-electron chi connectivity index (χ0n) is 10.3. The second kappa shape index (κ2) is 5.60. The Morgan fingerprint density at radius 1 is 1.45 bits per heavy atom. The third-order valence-electron chi connectivity index (χ3n) is 2.67. The van der Waals surface area contributed by atoms with Crippen molar-refractivity contribution in [3.63, 3.8) is 0 Å². The van der Waals surface area contributed by atoms with Crippen LogP contribution in [0.25, 0.3) is 11.0 Å². The minimum Gasteiger partial charge on any atom is -0.322 e. The number of hydrogen-bond acceptors (Lipinski definition) is 3. The number of amides is 1. The lowest BCUT2D eigenvalue weighted by Crippen LogP contribution is -2.07. The van der Waals surface area contributed by atoms with Gasteiger partial charge < -0.3 is 5.32 Å². The number of halogens is 1. The maximum absolute atomic E-state index is 11.9. The fraction of sp³-hybridized carbons (Fsp3) is 0. The summed E-state index contributed by atoms with van der Waals surface area (Å²) in [5.41, 5.74) is 1.63. The van der Waals surface area contributed by atoms with E-state index in [1.54, 1.807) is 23.6 Å². The molecule has 0 radical (unpaired) electrons. The molecule has 4 nitrogen and oxygen atoms in total. The summed E-state index contributed by atoms with van der Waals surface area (Å²) >= 11 is 4.92. The third kappa shape index (κ3) is 2.81. The molecule has 1 amide bonds. The highest BCUT2D eigenvalue weighted by Crippen LogP contribution is 2.16. The van der Waals surface area contributed by atoms with Crippen LogP contribution in [0.2, 0.25) is 0 Å². The fourth-order valence-corrected chi connectivity index (χ4v) is 2.88. The van der Waals surface area contributed by atoms with Gasteiger partial charge in [0.15, 0.2) is 4.96 Å². The van der Waals surface area contributed by atoms with Gasteiger partial charge in [0.2, 0.25) is 5.91 Å². The fourth-order valence-electron chi connectivity index (χ4n) is 1.78. The SMILES string of the molecule is O=C(/C=C/c1cnc2sccn12)Nc1cccc(Br)c1. The Balaban J connectivity index is 1.73. The molecule has 20 heavy (non-hydrogen) atoms. The maximum Gasteiger partial charge on any atom is 0.248 e. The number of anilines is 1. The third-order valence-corrected chi connectivity index (χ3v) is 3.94. The second-order valence-corrected chi connectivity index (χ2v) is 5.86. The quantitative estimate of drug-likeness (QED) is 0.732. The van der Waals surface area contributed by atoms with Gasteiger partial charge in [-0.1, -0.05) is 22.0 Å². The van der Waals surface area contributed by atoms with Gasteiger partial charge >= 0.3 is 0 Å². The van der Waals surface area contributed by atoms with Crippen molar-refractivity contribution in [3.05, 3.63) is 58.3 Å². The summed E-state index contributed by atoms with van der Waals surface area (Å²) in [7, 11) is 0. The highest BCUT2D eigenvalue weighted by molar-refractivity contribution is 9.10. The topological polar surface area (TPSA) is 46.4 Å². The predicted molar refractivity (Wildman–Crippen MR) is 84.9 cm³/mol. The van der Waals surface area contributed by atoms with Crippen molar-refractivity contribution in [2.24, 2.45) is 0 Å². The largest absolute Gasteiger partial charge is 0.322 e. The van der Waals surface area contributed by atoms with Gasteiger partial charge in [0.25, 0.3) is 0 Å². The zero-order valence-corrected chi connectivity index (χ0v) is 12.7. The van der Waals surface area contributed by atoms with Crippen LogP contribution in [-0.4, -0.2) is 15.3 Å². The van der Waals surface area contributed by atoms with Crippen LogP contribution in [0.3, 0.4) is 0 Å². The normalized spacial score (nSPS) is 11.2. The number of carbonyl (C=O) groups is 1. The molecule has 1 aromatic carbocycles. The lowest BCUT2D eigenvalue weighted by molar-refractivity contribution is -0.111. The minimum atomic E-state index is -0.173. The number of hydrogen-bond donors (Lipinski definition) is 1. The standard InChI is InChI=1S/C14H10BrN3OS/c15-10-2-1-3-11(8-10)17-13(19)5-4-12-9-16-14-18(12)6-7-20-14/h1-9H,(H,17,19)/b5-4+. The number of benzene rings is 1. The average molecular weight is 348 g/mol. The molecule has 100 valence electrons. The predicted octanol–water partition coefficient (Wildman–Crippen LogP) is 3.81. The molecule has 2 aromatic heterocycles. The highest BCUT2D eigenvalue weighted by atomic mass is 79.9. The van der Waals surface area contributed by atoms with E-state index in [0.29, 0.717) is 0 Å². The molecule has 0 saturated carbocycles. The molecule has 0 fully saturated rings. The lowest BCUT2D eigenvalue weighted by atomic mass is 10.3. The molecular formula is C14H10BrN3OS. The summed E-state index contributed by atoms with van der Waals surface area (Å²) in [5, 5.41) is 4.76. The smallest absolute Gasteiger partial charge is 0.248 e. The van der Waals surface area contributed by atoms with Crippen molar-refractivity contribution in [2.75, 3.05) is 5.32 Å². The number of fused-ring (bicyclic) bond motifs is 1. The highest BCUT2D eigenvalue weighted by Gasteiger charge is 2.02. The number of rotatable bonds is 3. The Kier molecular flexibility index (Phi) is 3.66. The number of carbonyl (C=O) groups excluding carboxylic acids is 1. The van der Waals surface area contributed by atoms with E-state index in [1.165, 1.54) is 6.08 Å². The molecule has 0 bridgehead atoms. The second-order valence-electron chi connectivity index (χ2n) is 4.07. The van der Waals surface area contributed by atoms with Crippen LogP contribution in [-0.2, 0) is 4.79 Å². The van der Waals surface area contributed by atoms with Crippen molar-refractivity contribution in [3.8, 4) is 0 Å². The summed E-state index contributed by atoms with van der Waals surface area (Å²) in [4.78, 5) is 17.0. The van der Waals surface area contributed by atoms with Gasteiger partial charge in [-0.3, -0.25) is 9.20 Å². The lowest BCUT2D eigenvalue weighted by Gasteiger charge is -2.01. The molecule has 0 aliphatic rings. The maximum atomic E-state index is 11.9. The van der Waals surface area contributed by atoms with E-state index < -0.39 is 0 Å². The number of nitrogens with zero attached hydrogens (tertiary/aromatic N) is 2. The minimum absolute atomic E-state index is 0.173. The molecule has 1 N–H and O–H groups in total. The Morgan fingerprint density at radius 3 is 3.20 bits per heavy atom. The first-order valence-electron chi connectivity index (χ1n) is 5.87. The van der Waals surface area contributed by atoms with E-state index in [1.807, 2.05) is 40.2 Å². The van der Waals surface area contributed by atoms with E-state index in [4.69, 9.17) is 0 Å². The molecule has 0 spiro atoms. The van der Waals surface area contributed by atoms with Crippen molar-refractivity contribution < 1.29 is 4.79 Å². The van der Waals surface area contributed by atoms with Crippen molar-refractivity contribution in [2.45, 2.75) is 0 Å². The number of nitrogens with one attached hydrogen (secondary N) is 1. The van der Waals surface area contributed by atoms with E-state index in [9.17, 15) is 4.79 Å². The van der Waals surface area contributed by atoms with Crippen LogP contribution in [0.4, 0.5) is 5.69 Å². The van der Waals surface area contributed by atoms with E-state index in [2.05, 4.69) is 26.2 Å². The summed E-state index contributed by atoms with van der Waals surface area (Å²) < 4.78 is 2.86. The average Bonchev–Trinajstić information content (AvgIpc) is 2.99. The van der Waals surface area contributed by atoms with Crippen LogP contribution in [0, 0.1) is 0 Å². The van der Waals surface area contributed by atoms with E-state index in [0.717, 1.165) is 20.8 Å². The molecular weight excluding hydrogens is 338 g/mol. The van der Waals surface area contributed by atoms with E-state index in [-0.39, 0.29) is 5.91 Å². The van der Waals surface area contributed by atoms with E-state index >= 15 is 0 Å². The number of thiazole rings is 1. The summed E-state index contributed by atoms with van der Waals surface area (Å²) in [5.74, 6) is -0.173. The van der Waals surface area contributed by atoms with Crippen molar-refractivity contribution in [1.29, 1.82) is 0 Å². The number of imidazole rings is 1. The van der Waals surface area contributed by atoms with Crippen LogP contribution in [0.5, 0.6) is 0 Å². The van der Waals surface area contributed by atoms with Crippen molar-refractivity contribution >= 4 is 49.9 Å². The Hall–Kier alpha value is -1.92. The van der Waals surface area contributed by atoms with Gasteiger partial charge in [-0.25, -0.2) is 4.98 Å². The molecule has 2 heterocycles. The molecule has 0 atom stereocenters. The van der Waals surface area contributed by atoms with Gasteiger partial charge in [0.1, 0.15) is 0 Å². The zero-order chi connectivity index (χ0) is 13.9. The van der Waals surface area contributed by atoms with Crippen LogP contribution in [0.15, 0.2) is 52.6 Å². The summed E-state index contributed by atoms with van der Waals surface area (Å²) in [6.45, 7) is 0. The molecule has 0 unspecified atom stereocenters. The Bertz CT molecular complexity index is 790. The van der Waals surface area contributed by atoms with Gasteiger partial charge in [-0.05, 0) is 24.3 Å². The van der Waals surface area contributed by atoms with Crippen LogP contribution in [0.1, 0.15) is 5.69 Å². The van der Waals surface area contributed by atoms with Gasteiger partial charge in [-0.15, -0.1) is 11.3 Å². The number of aromatic nitrogens is 2. The Morgan fingerprint density at radius 2 is 2.35 bits per heavy atom. The van der Waals surface area contributed by atoms with Crippen LogP contribution < -0.4 is 5.32 Å². The first kappa shape index (κ1) is 13.1. The van der Waals surface area contributed by atoms with Crippen molar-refractivity contribution in [1.82, 2.24) is 9.38 Å². The summed E-state index contributed by atoms with van der Waals surface area (Å²) in [6, 6.07) is 7.47. The first-order valence-corrected chi connectivity index (χ1v) is 7.55. The van der Waals surface area contributed by atoms with Gasteiger partial charge in [0, 0.05) is 27.8 Å². The van der Waals surface area contributed by atoms with Crippen LogP contribution >= 0.6 is 27.3 Å². The van der Waals surface area contributed by atoms with Gasteiger partial charge in [-0.2, -0.15) is 0 Å². The molecule has 3 rings (SSSR count). The molecule has 3 aromatic rings. The molecule has 0 aliphatic heterocycles. The first-order chi connectivity index (χ1) is 9.72. The van der Waals surface area contributed by atoms with Gasteiger partial charge in [0.05, 0.1) is 11.9 Å². The summed E-state index contributed by atoms with van der Waals surface area (Å²) in [6.07, 6.45) is 6.93. The Labute approximate surface area is 127 Å². The molecule has 6 heteroatoms. The monoisotopic (exact) mass is 347 g/mol. The molecule has 0 aliphatic carbocycles. The molecule has 0 saturated heterocycles.